The lowest BCUT2D eigenvalue weighted by molar-refractivity contribution is -0.139. The highest BCUT2D eigenvalue weighted by atomic mass is 16.5. The molecule has 0 saturated carbocycles. The van der Waals surface area contributed by atoms with Crippen LogP contribution >= 0.6 is 0 Å². The van der Waals surface area contributed by atoms with Crippen LogP contribution in [-0.2, 0) is 20.7 Å². The Morgan fingerprint density at radius 2 is 1.83 bits per heavy atom. The quantitative estimate of drug-likeness (QED) is 0.189. The minimum atomic E-state index is -0.852. The van der Waals surface area contributed by atoms with Gasteiger partial charge in [-0.2, -0.15) is 0 Å². The average molecular weight is 482 g/mol. The molecule has 1 aliphatic rings. The number of aromatic nitrogens is 1. The lowest BCUT2D eigenvalue weighted by Crippen LogP contribution is -2.31. The number of rotatable bonds is 6. The van der Waals surface area contributed by atoms with Crippen molar-refractivity contribution in [3.8, 4) is 0 Å². The maximum Gasteiger partial charge on any atom is 0.337 e. The van der Waals surface area contributed by atoms with Crippen LogP contribution in [0.5, 0.6) is 0 Å². The first-order chi connectivity index (χ1) is 17.5. The van der Waals surface area contributed by atoms with E-state index in [1.54, 1.807) is 48.9 Å². The second-order valence-corrected chi connectivity index (χ2v) is 8.35. The molecule has 2 aromatic heterocycles. The summed E-state index contributed by atoms with van der Waals surface area (Å²) < 4.78 is 10.4. The number of ether oxygens (including phenoxy) is 1. The van der Waals surface area contributed by atoms with Crippen LogP contribution in [0.15, 0.2) is 89.3 Å². The summed E-state index contributed by atoms with van der Waals surface area (Å²) in [6, 6.07) is 16.4. The largest absolute Gasteiger partial charge is 0.507 e. The molecule has 1 fully saturated rings. The number of furan rings is 1. The number of fused-ring (bicyclic) bond motifs is 1. The number of esters is 1. The predicted molar refractivity (Wildman–Crippen MR) is 131 cm³/mol. The van der Waals surface area contributed by atoms with Crippen molar-refractivity contribution in [1.82, 2.24) is 9.88 Å². The summed E-state index contributed by atoms with van der Waals surface area (Å²) in [5.41, 5.74) is 2.84. The number of methoxy groups -OCH3 is 1. The molecule has 1 unspecified atom stereocenters. The van der Waals surface area contributed by atoms with E-state index < -0.39 is 23.7 Å². The topological polar surface area (TPSA) is 110 Å². The molecule has 0 bridgehead atoms. The summed E-state index contributed by atoms with van der Waals surface area (Å²) in [7, 11) is 1.29. The third kappa shape index (κ3) is 4.02. The zero-order chi connectivity index (χ0) is 25.2. The first kappa shape index (κ1) is 23.0. The lowest BCUT2D eigenvalue weighted by Gasteiger charge is -2.25. The van der Waals surface area contributed by atoms with Gasteiger partial charge in [-0.25, -0.2) is 4.79 Å². The molecular formula is C28H22N2O6. The summed E-state index contributed by atoms with van der Waals surface area (Å²) in [5, 5.41) is 12.0. The van der Waals surface area contributed by atoms with Gasteiger partial charge < -0.3 is 19.2 Å². The number of carbonyl (C=O) groups excluding carboxylic acids is 3. The Balaban J connectivity index is 1.56. The molecule has 0 spiro atoms. The van der Waals surface area contributed by atoms with Crippen LogP contribution in [0.2, 0.25) is 0 Å². The summed E-state index contributed by atoms with van der Waals surface area (Å²) in [5.74, 6) is -2.30. The fourth-order valence-corrected chi connectivity index (χ4v) is 4.50. The molecule has 1 aliphatic heterocycles. The van der Waals surface area contributed by atoms with Gasteiger partial charge in [-0.15, -0.1) is 0 Å². The summed E-state index contributed by atoms with van der Waals surface area (Å²) >= 11 is 0. The first-order valence-electron chi connectivity index (χ1n) is 11.3. The second kappa shape index (κ2) is 9.50. The van der Waals surface area contributed by atoms with Crippen molar-refractivity contribution in [2.75, 3.05) is 13.7 Å². The lowest BCUT2D eigenvalue weighted by atomic mass is 9.95. The number of pyridine rings is 1. The number of nitrogens with zero attached hydrogens (tertiary/aromatic N) is 2. The maximum atomic E-state index is 13.2. The van der Waals surface area contributed by atoms with Gasteiger partial charge in [-0.05, 0) is 47.9 Å². The number of para-hydroxylation sites is 1. The SMILES string of the molecule is COC(=O)c1ccc(C2C(=C(O)c3cccnc3)C(=O)C(=O)N2CCc2coc3ccccc23)cc1. The van der Waals surface area contributed by atoms with Gasteiger partial charge in [0.2, 0.25) is 0 Å². The van der Waals surface area contributed by atoms with Crippen molar-refractivity contribution in [3.05, 3.63) is 107 Å². The molecule has 36 heavy (non-hydrogen) atoms. The Morgan fingerprint density at radius 1 is 1.06 bits per heavy atom. The minimum absolute atomic E-state index is 0.0316. The summed E-state index contributed by atoms with van der Waals surface area (Å²) in [4.78, 5) is 43.7. The van der Waals surface area contributed by atoms with Gasteiger partial charge in [0.15, 0.2) is 0 Å². The van der Waals surface area contributed by atoms with Gasteiger partial charge in [0, 0.05) is 29.9 Å². The molecular weight excluding hydrogens is 460 g/mol. The highest BCUT2D eigenvalue weighted by molar-refractivity contribution is 6.46. The zero-order valence-electron chi connectivity index (χ0n) is 19.4. The molecule has 4 aromatic rings. The molecule has 3 heterocycles. The summed E-state index contributed by atoms with van der Waals surface area (Å²) in [6.07, 6.45) is 5.07. The predicted octanol–water partition coefficient (Wildman–Crippen LogP) is 4.28. The normalized spacial score (nSPS) is 17.0. The molecule has 8 nitrogen and oxygen atoms in total. The Hall–Kier alpha value is -4.72. The smallest absolute Gasteiger partial charge is 0.337 e. The number of hydrogen-bond donors (Lipinski definition) is 1. The molecule has 8 heteroatoms. The van der Waals surface area contributed by atoms with Crippen LogP contribution in [0.25, 0.3) is 16.7 Å². The molecule has 1 atom stereocenters. The van der Waals surface area contributed by atoms with Gasteiger partial charge >= 0.3 is 5.97 Å². The van der Waals surface area contributed by atoms with E-state index in [0.29, 0.717) is 23.1 Å². The number of carbonyl (C=O) groups is 3. The third-order valence-corrected chi connectivity index (χ3v) is 6.31. The number of hydrogen-bond acceptors (Lipinski definition) is 7. The molecule has 1 amide bonds. The van der Waals surface area contributed by atoms with Gasteiger partial charge in [0.25, 0.3) is 11.7 Å². The molecule has 0 radical (unpaired) electrons. The second-order valence-electron chi connectivity index (χ2n) is 8.35. The Labute approximate surface area is 206 Å². The monoisotopic (exact) mass is 482 g/mol. The molecule has 5 rings (SSSR count). The number of Topliss-reactive ketones (excluding diaryl/α,β-unsaturated/α-hetero) is 1. The fraction of sp³-hybridized carbons (Fsp3) is 0.143. The number of likely N-dealkylation sites (tertiary alicyclic amines) is 1. The summed E-state index contributed by atoms with van der Waals surface area (Å²) in [6.45, 7) is 0.210. The number of amides is 1. The van der Waals surface area contributed by atoms with Gasteiger partial charge in [0.1, 0.15) is 11.3 Å². The molecule has 0 aliphatic carbocycles. The van der Waals surface area contributed by atoms with Crippen LogP contribution in [0.3, 0.4) is 0 Å². The van der Waals surface area contributed by atoms with E-state index in [9.17, 15) is 19.5 Å². The Kier molecular flexibility index (Phi) is 6.08. The van der Waals surface area contributed by atoms with Crippen molar-refractivity contribution >= 4 is 34.4 Å². The van der Waals surface area contributed by atoms with Crippen LogP contribution in [0, 0.1) is 0 Å². The van der Waals surface area contributed by atoms with E-state index in [2.05, 4.69) is 4.98 Å². The van der Waals surface area contributed by atoms with E-state index >= 15 is 0 Å². The Bertz CT molecular complexity index is 1490. The fourth-order valence-electron chi connectivity index (χ4n) is 4.50. The standard InChI is InChI=1S/C28H22N2O6/c1-35-28(34)18-10-8-17(9-11-18)24-23(25(31)19-5-4-13-29-15-19)26(32)27(33)30(24)14-12-20-16-36-22-7-3-2-6-21(20)22/h2-11,13,15-16,24,31H,12,14H2,1H3. The van der Waals surface area contributed by atoms with Crippen molar-refractivity contribution < 1.29 is 28.6 Å². The Morgan fingerprint density at radius 3 is 2.56 bits per heavy atom. The molecule has 1 saturated heterocycles. The van der Waals surface area contributed by atoms with Crippen molar-refractivity contribution in [2.24, 2.45) is 0 Å². The number of ketones is 1. The van der Waals surface area contributed by atoms with Crippen molar-refractivity contribution in [2.45, 2.75) is 12.5 Å². The highest BCUT2D eigenvalue weighted by Gasteiger charge is 2.46. The highest BCUT2D eigenvalue weighted by Crippen LogP contribution is 2.39. The van der Waals surface area contributed by atoms with Crippen LogP contribution in [-0.4, -0.2) is 46.3 Å². The van der Waals surface area contributed by atoms with Crippen molar-refractivity contribution in [3.63, 3.8) is 0 Å². The molecule has 180 valence electrons. The van der Waals surface area contributed by atoms with Gasteiger partial charge in [-0.3, -0.25) is 14.6 Å². The number of aliphatic hydroxyl groups excluding tert-OH is 1. The van der Waals surface area contributed by atoms with Crippen LogP contribution in [0.1, 0.15) is 33.1 Å². The van der Waals surface area contributed by atoms with Crippen LogP contribution in [0.4, 0.5) is 0 Å². The van der Waals surface area contributed by atoms with Gasteiger partial charge in [-0.1, -0.05) is 30.3 Å². The minimum Gasteiger partial charge on any atom is -0.507 e. The number of aliphatic hydroxyl groups is 1. The van der Waals surface area contributed by atoms with Gasteiger partial charge in [0.05, 0.1) is 30.6 Å². The molecule has 1 N–H and O–H groups in total. The van der Waals surface area contributed by atoms with E-state index in [1.165, 1.54) is 18.2 Å². The number of benzene rings is 2. The molecule has 2 aromatic carbocycles. The van der Waals surface area contributed by atoms with Crippen LogP contribution < -0.4 is 0 Å². The van der Waals surface area contributed by atoms with E-state index in [1.807, 2.05) is 24.3 Å². The van der Waals surface area contributed by atoms with Crippen molar-refractivity contribution in [1.29, 1.82) is 0 Å². The average Bonchev–Trinajstić information content (AvgIpc) is 3.45. The first-order valence-corrected chi connectivity index (χ1v) is 11.3. The maximum absolute atomic E-state index is 13.2. The van der Waals surface area contributed by atoms with E-state index in [-0.39, 0.29) is 17.9 Å². The third-order valence-electron chi connectivity index (χ3n) is 6.31. The zero-order valence-corrected chi connectivity index (χ0v) is 19.4. The van der Waals surface area contributed by atoms with E-state index in [4.69, 9.17) is 9.15 Å². The van der Waals surface area contributed by atoms with E-state index in [0.717, 1.165) is 16.5 Å².